The first-order valence-corrected chi connectivity index (χ1v) is 17.7. The van der Waals surface area contributed by atoms with Gasteiger partial charge >= 0.3 is 6.09 Å². The lowest BCUT2D eigenvalue weighted by molar-refractivity contribution is -0.0941. The predicted octanol–water partition coefficient (Wildman–Crippen LogP) is 6.41. The van der Waals surface area contributed by atoms with Gasteiger partial charge in [-0.25, -0.2) is 4.79 Å². The highest BCUT2D eigenvalue weighted by molar-refractivity contribution is 5.96. The van der Waals surface area contributed by atoms with Gasteiger partial charge in [-0.3, -0.25) is 14.9 Å². The Kier molecular flexibility index (Phi) is 11.7. The molecule has 0 aromatic heterocycles. The van der Waals surface area contributed by atoms with Crippen molar-refractivity contribution in [2.45, 2.75) is 72.6 Å². The van der Waals surface area contributed by atoms with Gasteiger partial charge in [0, 0.05) is 69.7 Å². The molecule has 2 fully saturated rings. The Morgan fingerprint density at radius 3 is 2.24 bits per heavy atom. The van der Waals surface area contributed by atoms with Gasteiger partial charge in [-0.2, -0.15) is 10.3 Å². The molecule has 0 bridgehead atoms. The zero-order valence-corrected chi connectivity index (χ0v) is 30.5. The van der Waals surface area contributed by atoms with E-state index < -0.39 is 11.7 Å². The van der Waals surface area contributed by atoms with E-state index in [2.05, 4.69) is 58.9 Å². The third-order valence-corrected chi connectivity index (χ3v) is 9.69. The van der Waals surface area contributed by atoms with E-state index in [1.54, 1.807) is 20.8 Å². The Bertz CT molecular complexity index is 1700. The first-order chi connectivity index (χ1) is 23.8. The zero-order valence-electron chi connectivity index (χ0n) is 30.5. The van der Waals surface area contributed by atoms with Crippen molar-refractivity contribution in [3.8, 4) is 6.07 Å². The summed E-state index contributed by atoms with van der Waals surface area (Å²) in [6.07, 6.45) is 0.534. The third-order valence-electron chi connectivity index (χ3n) is 9.69. The van der Waals surface area contributed by atoms with E-state index in [0.29, 0.717) is 43.1 Å². The van der Waals surface area contributed by atoms with E-state index in [0.717, 1.165) is 60.8 Å². The van der Waals surface area contributed by atoms with Crippen LogP contribution in [0.15, 0.2) is 60.7 Å². The molecule has 1 atom stereocenters. The topological polar surface area (TPSA) is 104 Å². The van der Waals surface area contributed by atoms with Crippen LogP contribution < -0.4 is 9.80 Å². The Morgan fingerprint density at radius 1 is 0.900 bits per heavy atom. The number of benzene rings is 3. The number of carbonyl (C=O) groups is 2. The SMILES string of the molecule is Cc1cc(C)c(C(=O)N2CCN(c3ccccc3CCCN(O)C(=O)OC(C)(C)C)CC2C)cc1CN1CCN(c2ccccc2C#N)CC1. The highest BCUT2D eigenvalue weighted by atomic mass is 16.6. The van der Waals surface area contributed by atoms with Crippen molar-refractivity contribution in [2.24, 2.45) is 0 Å². The zero-order chi connectivity index (χ0) is 36.0. The normalized spacial score (nSPS) is 17.0. The number of ether oxygens (including phenoxy) is 1. The fourth-order valence-electron chi connectivity index (χ4n) is 7.02. The lowest BCUT2D eigenvalue weighted by Gasteiger charge is -2.42. The van der Waals surface area contributed by atoms with Crippen molar-refractivity contribution in [2.75, 3.05) is 62.2 Å². The van der Waals surface area contributed by atoms with Gasteiger partial charge in [0.2, 0.25) is 0 Å². The quantitative estimate of drug-likeness (QED) is 0.205. The second-order valence-corrected chi connectivity index (χ2v) is 14.6. The van der Waals surface area contributed by atoms with Crippen molar-refractivity contribution in [1.29, 1.82) is 5.26 Å². The summed E-state index contributed by atoms with van der Waals surface area (Å²) in [6, 6.07) is 22.6. The van der Waals surface area contributed by atoms with Gasteiger partial charge in [0.15, 0.2) is 0 Å². The molecule has 0 aliphatic carbocycles. The highest BCUT2D eigenvalue weighted by Gasteiger charge is 2.30. The molecule has 3 aromatic rings. The number of nitrogens with zero attached hydrogens (tertiary/aromatic N) is 6. The number of hydrogen-bond acceptors (Lipinski definition) is 8. The number of aryl methyl sites for hydroxylation is 3. The first kappa shape index (κ1) is 36.7. The molecule has 3 aromatic carbocycles. The van der Waals surface area contributed by atoms with E-state index in [-0.39, 0.29) is 18.5 Å². The predicted molar refractivity (Wildman–Crippen MR) is 197 cm³/mol. The summed E-state index contributed by atoms with van der Waals surface area (Å²) >= 11 is 0. The van der Waals surface area contributed by atoms with E-state index in [9.17, 15) is 20.1 Å². The van der Waals surface area contributed by atoms with Crippen LogP contribution in [-0.4, -0.2) is 96.1 Å². The van der Waals surface area contributed by atoms with E-state index >= 15 is 0 Å². The third kappa shape index (κ3) is 8.95. The van der Waals surface area contributed by atoms with Crippen molar-refractivity contribution in [3.63, 3.8) is 0 Å². The molecule has 1 N–H and O–H groups in total. The molecule has 2 amide bonds. The van der Waals surface area contributed by atoms with Crippen molar-refractivity contribution in [3.05, 3.63) is 94.0 Å². The van der Waals surface area contributed by atoms with Crippen LogP contribution in [0.5, 0.6) is 0 Å². The summed E-state index contributed by atoms with van der Waals surface area (Å²) in [6.45, 7) is 18.1. The molecule has 10 nitrogen and oxygen atoms in total. The van der Waals surface area contributed by atoms with Crippen LogP contribution in [0.3, 0.4) is 0 Å². The molecule has 0 spiro atoms. The average Bonchev–Trinajstić information content (AvgIpc) is 3.09. The second-order valence-electron chi connectivity index (χ2n) is 14.6. The Hall–Kier alpha value is -4.59. The number of carbonyl (C=O) groups excluding carboxylic acids is 2. The monoisotopic (exact) mass is 680 g/mol. The molecule has 1 unspecified atom stereocenters. The summed E-state index contributed by atoms with van der Waals surface area (Å²) in [4.78, 5) is 35.3. The maximum atomic E-state index is 14.1. The molecule has 266 valence electrons. The Labute approximate surface area is 297 Å². The molecular formula is C40H52N6O4. The van der Waals surface area contributed by atoms with Crippen LogP contribution in [0.2, 0.25) is 0 Å². The molecule has 2 aliphatic heterocycles. The number of hydrogen-bond donors (Lipinski definition) is 1. The summed E-state index contributed by atoms with van der Waals surface area (Å²) < 4.78 is 5.26. The van der Waals surface area contributed by atoms with Crippen LogP contribution in [0.4, 0.5) is 16.2 Å². The number of rotatable bonds is 9. The van der Waals surface area contributed by atoms with Gasteiger partial charge in [0.25, 0.3) is 5.91 Å². The molecule has 2 heterocycles. The van der Waals surface area contributed by atoms with Crippen LogP contribution in [0.25, 0.3) is 0 Å². The number of amides is 2. The van der Waals surface area contributed by atoms with Gasteiger partial charge in [0.05, 0.1) is 17.8 Å². The van der Waals surface area contributed by atoms with E-state index in [4.69, 9.17) is 4.74 Å². The largest absolute Gasteiger partial charge is 0.442 e. The van der Waals surface area contributed by atoms with Gasteiger partial charge < -0.3 is 19.4 Å². The van der Waals surface area contributed by atoms with Gasteiger partial charge in [-0.05, 0) is 101 Å². The summed E-state index contributed by atoms with van der Waals surface area (Å²) in [5.74, 6) is 0.0762. The maximum Gasteiger partial charge on any atom is 0.434 e. The van der Waals surface area contributed by atoms with Crippen LogP contribution in [-0.2, 0) is 17.7 Å². The fourth-order valence-corrected chi connectivity index (χ4v) is 7.02. The molecule has 0 saturated carbocycles. The minimum atomic E-state index is -0.742. The molecule has 0 radical (unpaired) electrons. The molecule has 50 heavy (non-hydrogen) atoms. The van der Waals surface area contributed by atoms with Crippen molar-refractivity contribution < 1.29 is 19.5 Å². The van der Waals surface area contributed by atoms with E-state index in [1.165, 1.54) is 11.1 Å². The lowest BCUT2D eigenvalue weighted by Crippen LogP contribution is -2.54. The summed E-state index contributed by atoms with van der Waals surface area (Å²) in [5, 5.41) is 20.4. The standard InChI is InChI=1S/C40H52N6O4/c1-29-24-30(2)35(25-34(29)28-42-18-20-43(21-19-42)37-16-10-8-13-33(37)26-41)38(47)45-23-22-44(27-31(45)3)36-15-9-7-12-32(36)14-11-17-46(49)39(48)50-40(4,5)6/h7-10,12-13,15-16,24-25,31,49H,11,14,17-23,27-28H2,1-6H3. The summed E-state index contributed by atoms with van der Waals surface area (Å²) in [7, 11) is 0. The average molecular weight is 681 g/mol. The number of nitriles is 1. The lowest BCUT2D eigenvalue weighted by atomic mass is 9.97. The Balaban J connectivity index is 1.19. The van der Waals surface area contributed by atoms with Gasteiger partial charge in [-0.15, -0.1) is 0 Å². The van der Waals surface area contributed by atoms with Crippen LogP contribution in [0, 0.1) is 25.2 Å². The number of hydroxylamine groups is 2. The number of piperazine rings is 2. The smallest absolute Gasteiger partial charge is 0.434 e. The second kappa shape index (κ2) is 16.0. The first-order valence-electron chi connectivity index (χ1n) is 17.7. The van der Waals surface area contributed by atoms with Gasteiger partial charge in [-0.1, -0.05) is 36.4 Å². The molecule has 10 heteroatoms. The Morgan fingerprint density at radius 2 is 1.56 bits per heavy atom. The molecular weight excluding hydrogens is 628 g/mol. The fraction of sp³-hybridized carbons (Fsp3) is 0.475. The minimum Gasteiger partial charge on any atom is -0.442 e. The van der Waals surface area contributed by atoms with Crippen LogP contribution >= 0.6 is 0 Å². The highest BCUT2D eigenvalue weighted by Crippen LogP contribution is 2.28. The molecule has 2 aliphatic rings. The van der Waals surface area contributed by atoms with E-state index in [1.807, 2.05) is 48.2 Å². The molecule has 2 saturated heterocycles. The number of anilines is 2. The molecule has 5 rings (SSSR count). The van der Waals surface area contributed by atoms with Gasteiger partial charge in [0.1, 0.15) is 11.7 Å². The number of para-hydroxylation sites is 2. The summed E-state index contributed by atoms with van der Waals surface area (Å²) in [5.41, 5.74) is 7.45. The van der Waals surface area contributed by atoms with Crippen molar-refractivity contribution in [1.82, 2.24) is 14.9 Å². The maximum absolute atomic E-state index is 14.1. The minimum absolute atomic E-state index is 0.0120. The van der Waals surface area contributed by atoms with Crippen LogP contribution in [0.1, 0.15) is 72.3 Å². The van der Waals surface area contributed by atoms with Crippen molar-refractivity contribution >= 4 is 23.4 Å².